The van der Waals surface area contributed by atoms with Crippen LogP contribution in [0.1, 0.15) is 6.92 Å². The molecule has 128 valence electrons. The van der Waals surface area contributed by atoms with Crippen LogP contribution in [0.15, 0.2) is 48.5 Å². The fourth-order valence-corrected chi connectivity index (χ4v) is 3.49. The zero-order valence-electron chi connectivity index (χ0n) is 13.0. The van der Waals surface area contributed by atoms with Gasteiger partial charge in [0.25, 0.3) is 0 Å². The van der Waals surface area contributed by atoms with E-state index in [1.54, 1.807) is 24.3 Å². The summed E-state index contributed by atoms with van der Waals surface area (Å²) in [6.07, 6.45) is 0.922. The van der Waals surface area contributed by atoms with Crippen LogP contribution in [0.4, 0.5) is 15.8 Å². The molecule has 0 aliphatic rings. The number of benzene rings is 2. The Bertz CT molecular complexity index is 841. The summed E-state index contributed by atoms with van der Waals surface area (Å²) >= 11 is 5.78. The summed E-state index contributed by atoms with van der Waals surface area (Å²) < 4.78 is 38.9. The van der Waals surface area contributed by atoms with Gasteiger partial charge in [0.15, 0.2) is 0 Å². The van der Waals surface area contributed by atoms with Crippen molar-refractivity contribution < 1.29 is 17.6 Å². The third kappa shape index (κ3) is 4.24. The molecule has 1 N–H and O–H groups in total. The number of para-hydroxylation sites is 1. The lowest BCUT2D eigenvalue weighted by molar-refractivity contribution is -0.116. The Labute approximate surface area is 145 Å². The van der Waals surface area contributed by atoms with Crippen LogP contribution in [-0.4, -0.2) is 26.6 Å². The number of nitrogens with one attached hydrogen (secondary N) is 1. The number of carbonyl (C=O) groups excluding carboxylic acids is 1. The fraction of sp³-hybridized carbons (Fsp3) is 0.188. The molecule has 0 spiro atoms. The Morgan fingerprint density at radius 2 is 1.75 bits per heavy atom. The monoisotopic (exact) mass is 370 g/mol. The third-order valence-electron chi connectivity index (χ3n) is 3.29. The molecular formula is C16H16ClFN2O3S. The standard InChI is InChI=1S/C16H16ClFN2O3S/c1-11(16(21)19-13-9-7-12(17)8-10-13)20(24(2,22)23)15-6-4-3-5-14(15)18/h3-11H,1-2H3,(H,19,21). The Morgan fingerprint density at radius 3 is 2.29 bits per heavy atom. The molecule has 2 aromatic carbocycles. The van der Waals surface area contributed by atoms with Crippen LogP contribution in [0.5, 0.6) is 0 Å². The van der Waals surface area contributed by atoms with Gasteiger partial charge < -0.3 is 5.32 Å². The number of rotatable bonds is 5. The highest BCUT2D eigenvalue weighted by Crippen LogP contribution is 2.24. The van der Waals surface area contributed by atoms with Gasteiger partial charge in [-0.2, -0.15) is 0 Å². The molecule has 0 aliphatic carbocycles. The summed E-state index contributed by atoms with van der Waals surface area (Å²) in [6, 6.07) is 10.6. The van der Waals surface area contributed by atoms with Crippen molar-refractivity contribution in [2.45, 2.75) is 13.0 Å². The maximum Gasteiger partial charge on any atom is 0.247 e. The van der Waals surface area contributed by atoms with Crippen molar-refractivity contribution in [2.75, 3.05) is 15.9 Å². The lowest BCUT2D eigenvalue weighted by atomic mass is 10.2. The molecule has 0 saturated heterocycles. The normalized spacial score (nSPS) is 12.5. The second-order valence-corrected chi connectivity index (χ2v) is 7.48. The molecule has 8 heteroatoms. The fourth-order valence-electron chi connectivity index (χ4n) is 2.19. The molecule has 0 bridgehead atoms. The molecule has 1 atom stereocenters. The van der Waals surface area contributed by atoms with Gasteiger partial charge >= 0.3 is 0 Å². The van der Waals surface area contributed by atoms with Gasteiger partial charge in [0.2, 0.25) is 15.9 Å². The van der Waals surface area contributed by atoms with Crippen LogP contribution < -0.4 is 9.62 Å². The second-order valence-electron chi connectivity index (χ2n) is 5.18. The van der Waals surface area contributed by atoms with E-state index < -0.39 is 27.8 Å². The Morgan fingerprint density at radius 1 is 1.17 bits per heavy atom. The summed E-state index contributed by atoms with van der Waals surface area (Å²) in [4.78, 5) is 12.4. The van der Waals surface area contributed by atoms with Crippen molar-refractivity contribution in [1.29, 1.82) is 0 Å². The number of hydrogen-bond acceptors (Lipinski definition) is 3. The molecule has 0 saturated carbocycles. The lowest BCUT2D eigenvalue weighted by Gasteiger charge is -2.28. The smallest absolute Gasteiger partial charge is 0.247 e. The highest BCUT2D eigenvalue weighted by molar-refractivity contribution is 7.92. The van der Waals surface area contributed by atoms with E-state index in [1.807, 2.05) is 0 Å². The molecule has 0 aliphatic heterocycles. The highest BCUT2D eigenvalue weighted by Gasteiger charge is 2.30. The number of amides is 1. The molecule has 24 heavy (non-hydrogen) atoms. The number of sulfonamides is 1. The minimum absolute atomic E-state index is 0.182. The van der Waals surface area contributed by atoms with Crippen LogP contribution in [-0.2, 0) is 14.8 Å². The highest BCUT2D eigenvalue weighted by atomic mass is 35.5. The topological polar surface area (TPSA) is 66.5 Å². The van der Waals surface area contributed by atoms with Crippen molar-refractivity contribution in [1.82, 2.24) is 0 Å². The first-order valence-electron chi connectivity index (χ1n) is 7.00. The van der Waals surface area contributed by atoms with E-state index in [0.717, 1.165) is 16.6 Å². The Balaban J connectivity index is 2.31. The third-order valence-corrected chi connectivity index (χ3v) is 4.77. The Kier molecular flexibility index (Phi) is 5.46. The molecule has 1 amide bonds. The van der Waals surface area contributed by atoms with Crippen LogP contribution in [0.25, 0.3) is 0 Å². The van der Waals surface area contributed by atoms with Crippen LogP contribution in [0.3, 0.4) is 0 Å². The minimum atomic E-state index is -3.87. The van der Waals surface area contributed by atoms with Crippen molar-refractivity contribution in [2.24, 2.45) is 0 Å². The molecule has 0 fully saturated rings. The first-order valence-corrected chi connectivity index (χ1v) is 9.23. The zero-order chi connectivity index (χ0) is 17.9. The average molecular weight is 371 g/mol. The first kappa shape index (κ1) is 18.2. The van der Waals surface area contributed by atoms with Crippen molar-refractivity contribution in [3.8, 4) is 0 Å². The van der Waals surface area contributed by atoms with E-state index in [4.69, 9.17) is 11.6 Å². The molecule has 0 radical (unpaired) electrons. The zero-order valence-corrected chi connectivity index (χ0v) is 14.6. The number of nitrogens with zero attached hydrogens (tertiary/aromatic N) is 1. The van der Waals surface area contributed by atoms with Crippen LogP contribution in [0, 0.1) is 5.82 Å². The largest absolute Gasteiger partial charge is 0.324 e. The van der Waals surface area contributed by atoms with Gasteiger partial charge in [0.1, 0.15) is 11.9 Å². The van der Waals surface area contributed by atoms with Gasteiger partial charge in [-0.15, -0.1) is 0 Å². The van der Waals surface area contributed by atoms with E-state index in [2.05, 4.69) is 5.32 Å². The summed E-state index contributed by atoms with van der Waals surface area (Å²) in [5.74, 6) is -1.32. The maximum atomic E-state index is 14.0. The summed E-state index contributed by atoms with van der Waals surface area (Å²) in [5, 5.41) is 3.09. The van der Waals surface area contributed by atoms with Crippen molar-refractivity contribution in [3.63, 3.8) is 0 Å². The Hall–Kier alpha value is -2.12. The summed E-state index contributed by atoms with van der Waals surface area (Å²) in [5.41, 5.74) is 0.275. The van der Waals surface area contributed by atoms with E-state index in [1.165, 1.54) is 25.1 Å². The quantitative estimate of drug-likeness (QED) is 0.878. The minimum Gasteiger partial charge on any atom is -0.324 e. The van der Waals surface area contributed by atoms with Crippen LogP contribution in [0.2, 0.25) is 5.02 Å². The predicted octanol–water partition coefficient (Wildman–Crippen LogP) is 3.27. The maximum absolute atomic E-state index is 14.0. The number of anilines is 2. The van der Waals surface area contributed by atoms with Gasteiger partial charge in [0.05, 0.1) is 11.9 Å². The van der Waals surface area contributed by atoms with Crippen LogP contribution >= 0.6 is 11.6 Å². The first-order chi connectivity index (χ1) is 11.2. The van der Waals surface area contributed by atoms with E-state index in [0.29, 0.717) is 10.7 Å². The van der Waals surface area contributed by atoms with E-state index in [9.17, 15) is 17.6 Å². The molecular weight excluding hydrogens is 355 g/mol. The lowest BCUT2D eigenvalue weighted by Crippen LogP contribution is -2.45. The number of halogens is 2. The molecule has 5 nitrogen and oxygen atoms in total. The molecule has 2 aromatic rings. The van der Waals surface area contributed by atoms with Gasteiger partial charge in [-0.05, 0) is 43.3 Å². The van der Waals surface area contributed by atoms with E-state index >= 15 is 0 Å². The molecule has 2 rings (SSSR count). The van der Waals surface area contributed by atoms with Crippen molar-refractivity contribution in [3.05, 3.63) is 59.4 Å². The predicted molar refractivity (Wildman–Crippen MR) is 93.3 cm³/mol. The average Bonchev–Trinajstić information content (AvgIpc) is 2.50. The molecule has 0 aromatic heterocycles. The molecule has 0 heterocycles. The number of hydrogen-bond donors (Lipinski definition) is 1. The summed E-state index contributed by atoms with van der Waals surface area (Å²) in [7, 11) is -3.87. The van der Waals surface area contributed by atoms with Gasteiger partial charge in [-0.1, -0.05) is 23.7 Å². The van der Waals surface area contributed by atoms with E-state index in [-0.39, 0.29) is 5.69 Å². The van der Waals surface area contributed by atoms with Crippen molar-refractivity contribution >= 4 is 38.9 Å². The van der Waals surface area contributed by atoms with Gasteiger partial charge in [-0.25, -0.2) is 12.8 Å². The molecule has 1 unspecified atom stereocenters. The SMILES string of the molecule is CC(C(=O)Nc1ccc(Cl)cc1)N(c1ccccc1F)S(C)(=O)=O. The second kappa shape index (κ2) is 7.19. The van der Waals surface area contributed by atoms with Gasteiger partial charge in [-0.3, -0.25) is 9.10 Å². The summed E-state index contributed by atoms with van der Waals surface area (Å²) in [6.45, 7) is 1.39. The number of carbonyl (C=O) groups is 1. The van der Waals surface area contributed by atoms with Gasteiger partial charge in [0, 0.05) is 10.7 Å².